The molecule has 1 nitrogen and oxygen atoms in total. The first-order valence-corrected chi connectivity index (χ1v) is 6.21. The predicted molar refractivity (Wildman–Crippen MR) is 60.8 cm³/mol. The van der Waals surface area contributed by atoms with Crippen LogP contribution in [0.4, 0.5) is 0 Å². The first-order valence-electron chi connectivity index (χ1n) is 4.96. The Bertz CT molecular complexity index is 138. The highest BCUT2D eigenvalue weighted by Crippen LogP contribution is 2.34. The summed E-state index contributed by atoms with van der Waals surface area (Å²) in [7, 11) is 0. The number of hydrogen-bond donors (Lipinski definition) is 0. The molecule has 12 heavy (non-hydrogen) atoms. The molecule has 72 valence electrons. The highest BCUT2D eigenvalue weighted by Gasteiger charge is 2.36. The number of unbranched alkanes of at least 4 members (excludes halogenated alkanes) is 1. The summed E-state index contributed by atoms with van der Waals surface area (Å²) in [6.07, 6.45) is 4.83. The zero-order valence-electron chi connectivity index (χ0n) is 8.22. The Morgan fingerprint density at radius 2 is 2.00 bits per heavy atom. The van der Waals surface area contributed by atoms with Crippen molar-refractivity contribution in [3.63, 3.8) is 0 Å². The van der Waals surface area contributed by atoms with Crippen molar-refractivity contribution in [1.82, 2.24) is 0 Å². The van der Waals surface area contributed by atoms with Gasteiger partial charge in [0.15, 0.2) is 0 Å². The Labute approximate surface area is 89.4 Å². The van der Waals surface area contributed by atoms with Gasteiger partial charge >= 0.3 is 0 Å². The SMILES string of the molecule is CCCC[C@H]1O[C@H](C)[C@H](C)[C@H]1I. The van der Waals surface area contributed by atoms with Crippen molar-refractivity contribution in [3.8, 4) is 0 Å². The van der Waals surface area contributed by atoms with Gasteiger partial charge in [-0.25, -0.2) is 0 Å². The van der Waals surface area contributed by atoms with E-state index < -0.39 is 0 Å². The maximum absolute atomic E-state index is 5.88. The van der Waals surface area contributed by atoms with Crippen molar-refractivity contribution in [2.45, 2.75) is 56.2 Å². The molecule has 1 saturated heterocycles. The quantitative estimate of drug-likeness (QED) is 0.569. The van der Waals surface area contributed by atoms with E-state index in [1.54, 1.807) is 0 Å². The summed E-state index contributed by atoms with van der Waals surface area (Å²) in [5.41, 5.74) is 0. The average Bonchev–Trinajstić information content (AvgIpc) is 2.30. The van der Waals surface area contributed by atoms with Crippen LogP contribution < -0.4 is 0 Å². The normalized spacial score (nSPS) is 42.0. The minimum atomic E-state index is 0.466. The first kappa shape index (κ1) is 10.8. The molecule has 0 aromatic rings. The van der Waals surface area contributed by atoms with Crippen LogP contribution in [0.1, 0.15) is 40.0 Å². The molecule has 0 unspecified atom stereocenters. The van der Waals surface area contributed by atoms with Gasteiger partial charge in [0.1, 0.15) is 0 Å². The van der Waals surface area contributed by atoms with Gasteiger partial charge < -0.3 is 4.74 Å². The molecule has 1 fully saturated rings. The van der Waals surface area contributed by atoms with Crippen molar-refractivity contribution < 1.29 is 4.74 Å². The Morgan fingerprint density at radius 3 is 2.42 bits per heavy atom. The van der Waals surface area contributed by atoms with Gasteiger partial charge in [-0.1, -0.05) is 49.3 Å². The van der Waals surface area contributed by atoms with Crippen LogP contribution in [0.5, 0.6) is 0 Å². The van der Waals surface area contributed by atoms with E-state index >= 15 is 0 Å². The monoisotopic (exact) mass is 282 g/mol. The Morgan fingerprint density at radius 1 is 1.33 bits per heavy atom. The van der Waals surface area contributed by atoms with Gasteiger partial charge in [-0.2, -0.15) is 0 Å². The molecule has 4 atom stereocenters. The van der Waals surface area contributed by atoms with E-state index in [9.17, 15) is 0 Å². The van der Waals surface area contributed by atoms with Crippen LogP contribution in [-0.2, 0) is 4.74 Å². The third-order valence-corrected chi connectivity index (χ3v) is 4.77. The minimum absolute atomic E-state index is 0.466. The highest BCUT2D eigenvalue weighted by atomic mass is 127. The van der Waals surface area contributed by atoms with E-state index in [-0.39, 0.29) is 0 Å². The second-order valence-corrected chi connectivity index (χ2v) is 5.26. The average molecular weight is 282 g/mol. The van der Waals surface area contributed by atoms with Crippen molar-refractivity contribution in [2.75, 3.05) is 0 Å². The zero-order valence-corrected chi connectivity index (χ0v) is 10.4. The second kappa shape index (κ2) is 4.80. The minimum Gasteiger partial charge on any atom is -0.374 e. The highest BCUT2D eigenvalue weighted by molar-refractivity contribution is 14.1. The van der Waals surface area contributed by atoms with Gasteiger partial charge in [-0.15, -0.1) is 0 Å². The fourth-order valence-electron chi connectivity index (χ4n) is 1.70. The van der Waals surface area contributed by atoms with Crippen molar-refractivity contribution in [2.24, 2.45) is 5.92 Å². The number of rotatable bonds is 3. The molecule has 0 aromatic heterocycles. The molecular weight excluding hydrogens is 263 g/mol. The topological polar surface area (TPSA) is 9.23 Å². The largest absolute Gasteiger partial charge is 0.374 e. The zero-order chi connectivity index (χ0) is 9.14. The number of hydrogen-bond acceptors (Lipinski definition) is 1. The second-order valence-electron chi connectivity index (χ2n) is 3.83. The van der Waals surface area contributed by atoms with Gasteiger partial charge in [0.25, 0.3) is 0 Å². The molecule has 1 rings (SSSR count). The van der Waals surface area contributed by atoms with E-state index in [0.29, 0.717) is 12.2 Å². The smallest absolute Gasteiger partial charge is 0.0699 e. The Hall–Kier alpha value is 0.690. The summed E-state index contributed by atoms with van der Waals surface area (Å²) in [4.78, 5) is 0. The summed E-state index contributed by atoms with van der Waals surface area (Å²) in [5, 5.41) is 0. The maximum atomic E-state index is 5.88. The van der Waals surface area contributed by atoms with Crippen molar-refractivity contribution >= 4 is 22.6 Å². The summed E-state index contributed by atoms with van der Waals surface area (Å²) >= 11 is 2.55. The standard InChI is InChI=1S/C10H19IO/c1-4-5-6-9-10(11)7(2)8(3)12-9/h7-10H,4-6H2,1-3H3/t7-,8+,9+,10+/m0/s1. The third kappa shape index (κ3) is 2.34. The lowest BCUT2D eigenvalue weighted by Crippen LogP contribution is -2.18. The summed E-state index contributed by atoms with van der Waals surface area (Å²) in [6, 6.07) is 0. The Balaban J connectivity index is 2.36. The summed E-state index contributed by atoms with van der Waals surface area (Å²) < 4.78 is 6.61. The molecule has 0 spiro atoms. The maximum Gasteiger partial charge on any atom is 0.0699 e. The number of halogens is 1. The van der Waals surface area contributed by atoms with Crippen LogP contribution in [-0.4, -0.2) is 16.1 Å². The molecule has 1 aliphatic rings. The molecule has 2 heteroatoms. The van der Waals surface area contributed by atoms with Gasteiger partial charge in [0.05, 0.1) is 12.2 Å². The van der Waals surface area contributed by atoms with E-state index in [1.165, 1.54) is 19.3 Å². The molecule has 1 heterocycles. The lowest BCUT2D eigenvalue weighted by molar-refractivity contribution is 0.0435. The lowest BCUT2D eigenvalue weighted by atomic mass is 10.0. The molecular formula is C10H19IO. The number of ether oxygens (including phenoxy) is 1. The lowest BCUT2D eigenvalue weighted by Gasteiger charge is -2.13. The van der Waals surface area contributed by atoms with Crippen LogP contribution in [0.25, 0.3) is 0 Å². The molecule has 0 N–H and O–H groups in total. The predicted octanol–water partition coefficient (Wildman–Crippen LogP) is 3.40. The molecule has 0 amide bonds. The van der Waals surface area contributed by atoms with Crippen LogP contribution in [0.3, 0.4) is 0 Å². The number of alkyl halides is 1. The van der Waals surface area contributed by atoms with Crippen LogP contribution >= 0.6 is 22.6 Å². The van der Waals surface area contributed by atoms with Crippen molar-refractivity contribution in [3.05, 3.63) is 0 Å². The summed E-state index contributed by atoms with van der Waals surface area (Å²) in [6.45, 7) is 6.74. The first-order chi connectivity index (χ1) is 5.66. The van der Waals surface area contributed by atoms with Crippen molar-refractivity contribution in [1.29, 1.82) is 0 Å². The van der Waals surface area contributed by atoms with Crippen LogP contribution in [0.2, 0.25) is 0 Å². The fourth-order valence-corrected chi connectivity index (χ4v) is 2.82. The molecule has 0 saturated carbocycles. The van der Waals surface area contributed by atoms with Gasteiger partial charge in [-0.05, 0) is 19.3 Å². The van der Waals surface area contributed by atoms with E-state index in [1.807, 2.05) is 0 Å². The molecule has 0 radical (unpaired) electrons. The van der Waals surface area contributed by atoms with E-state index in [2.05, 4.69) is 43.4 Å². The van der Waals surface area contributed by atoms with Gasteiger partial charge in [0.2, 0.25) is 0 Å². The fraction of sp³-hybridized carbons (Fsp3) is 1.00. The van der Waals surface area contributed by atoms with E-state index in [4.69, 9.17) is 4.74 Å². The molecule has 0 bridgehead atoms. The van der Waals surface area contributed by atoms with Crippen LogP contribution in [0, 0.1) is 5.92 Å². The van der Waals surface area contributed by atoms with Crippen LogP contribution in [0.15, 0.2) is 0 Å². The summed E-state index contributed by atoms with van der Waals surface area (Å²) in [5.74, 6) is 0.729. The van der Waals surface area contributed by atoms with Gasteiger partial charge in [-0.3, -0.25) is 0 Å². The third-order valence-electron chi connectivity index (χ3n) is 2.83. The van der Waals surface area contributed by atoms with Gasteiger partial charge in [0, 0.05) is 3.92 Å². The van der Waals surface area contributed by atoms with E-state index in [0.717, 1.165) is 9.84 Å². The molecule has 0 aromatic carbocycles. The molecule has 1 aliphatic heterocycles. The molecule has 0 aliphatic carbocycles. The Kier molecular flexibility index (Phi) is 4.30.